The van der Waals surface area contributed by atoms with Crippen LogP contribution in [0.15, 0.2) is 35.5 Å². The van der Waals surface area contributed by atoms with Gasteiger partial charge < -0.3 is 4.57 Å². The van der Waals surface area contributed by atoms with Crippen LogP contribution in [0.2, 0.25) is 5.02 Å². The summed E-state index contributed by atoms with van der Waals surface area (Å²) >= 11 is 6.04. The van der Waals surface area contributed by atoms with Crippen LogP contribution in [0.4, 0.5) is 0 Å². The minimum absolute atomic E-state index is 0.202. The van der Waals surface area contributed by atoms with Gasteiger partial charge in [-0.3, -0.25) is 4.68 Å². The Morgan fingerprint density at radius 2 is 2.04 bits per heavy atom. The van der Waals surface area contributed by atoms with Gasteiger partial charge >= 0.3 is 0 Å². The smallest absolute Gasteiger partial charge is 0.178 e. The second-order valence-corrected chi connectivity index (χ2v) is 8.22. The van der Waals surface area contributed by atoms with Crippen LogP contribution in [-0.4, -0.2) is 34.0 Å². The number of hydrogen-bond acceptors (Lipinski definition) is 4. The molecular formula is C15H17ClN4O2S. The van der Waals surface area contributed by atoms with Crippen LogP contribution < -0.4 is 0 Å². The first-order valence-electron chi connectivity index (χ1n) is 7.14. The molecule has 122 valence electrons. The normalized spacial score (nSPS) is 12.4. The van der Waals surface area contributed by atoms with Crippen LogP contribution in [0.1, 0.15) is 25.7 Å². The van der Waals surface area contributed by atoms with E-state index in [1.165, 1.54) is 18.6 Å². The summed E-state index contributed by atoms with van der Waals surface area (Å²) < 4.78 is 26.8. The Morgan fingerprint density at radius 3 is 2.65 bits per heavy atom. The van der Waals surface area contributed by atoms with Crippen LogP contribution in [0.25, 0.3) is 11.0 Å². The molecule has 3 rings (SSSR count). The van der Waals surface area contributed by atoms with Gasteiger partial charge in [-0.25, -0.2) is 13.4 Å². The number of rotatable bonds is 4. The highest BCUT2D eigenvalue weighted by atomic mass is 35.5. The highest BCUT2D eigenvalue weighted by Crippen LogP contribution is 2.24. The quantitative estimate of drug-likeness (QED) is 0.723. The first-order valence-corrected chi connectivity index (χ1v) is 9.41. The zero-order valence-corrected chi connectivity index (χ0v) is 14.6. The summed E-state index contributed by atoms with van der Waals surface area (Å²) in [6.45, 7) is 4.54. The van der Waals surface area contributed by atoms with Crippen molar-refractivity contribution in [1.82, 2.24) is 19.3 Å². The first-order chi connectivity index (χ1) is 10.8. The summed E-state index contributed by atoms with van der Waals surface area (Å²) in [5, 5.41) is 4.76. The van der Waals surface area contributed by atoms with Gasteiger partial charge in [-0.05, 0) is 32.0 Å². The molecule has 1 aromatic carbocycles. The average Bonchev–Trinajstić information content (AvgIpc) is 3.02. The molecule has 0 bridgehead atoms. The van der Waals surface area contributed by atoms with Crippen molar-refractivity contribution < 1.29 is 8.42 Å². The molecule has 3 aromatic rings. The lowest BCUT2D eigenvalue weighted by Crippen LogP contribution is -2.11. The summed E-state index contributed by atoms with van der Waals surface area (Å²) in [7, 11) is -3.26. The molecule has 0 saturated carbocycles. The maximum absolute atomic E-state index is 11.6. The maximum Gasteiger partial charge on any atom is 0.178 e. The van der Waals surface area contributed by atoms with Crippen LogP contribution in [0.5, 0.6) is 0 Å². The lowest BCUT2D eigenvalue weighted by molar-refractivity contribution is 0.550. The molecule has 0 radical (unpaired) electrons. The largest absolute Gasteiger partial charge is 0.324 e. The van der Waals surface area contributed by atoms with Crippen LogP contribution in [0.3, 0.4) is 0 Å². The molecule has 0 amide bonds. The topological polar surface area (TPSA) is 69.8 Å². The van der Waals surface area contributed by atoms with Crippen molar-refractivity contribution in [2.75, 3.05) is 6.26 Å². The van der Waals surface area contributed by atoms with Crippen LogP contribution >= 0.6 is 11.6 Å². The SMILES string of the molecule is CC(C)n1c(Cn2cc(S(C)(=O)=O)cn2)nc2cc(Cl)ccc21. The molecule has 0 N–H and O–H groups in total. The Bertz CT molecular complexity index is 973. The number of imidazole rings is 1. The number of halogens is 1. The van der Waals surface area contributed by atoms with E-state index in [9.17, 15) is 8.42 Å². The van der Waals surface area contributed by atoms with E-state index >= 15 is 0 Å². The van der Waals surface area contributed by atoms with Gasteiger partial charge in [0.05, 0.1) is 23.8 Å². The minimum Gasteiger partial charge on any atom is -0.324 e. The van der Waals surface area contributed by atoms with Crippen molar-refractivity contribution >= 4 is 32.5 Å². The van der Waals surface area contributed by atoms with Gasteiger partial charge in [-0.15, -0.1) is 0 Å². The zero-order chi connectivity index (χ0) is 16.8. The molecule has 0 unspecified atom stereocenters. The van der Waals surface area contributed by atoms with E-state index in [2.05, 4.69) is 28.5 Å². The van der Waals surface area contributed by atoms with Crippen molar-refractivity contribution in [2.24, 2.45) is 0 Å². The first kappa shape index (κ1) is 16.0. The lowest BCUT2D eigenvalue weighted by Gasteiger charge is -2.13. The van der Waals surface area contributed by atoms with E-state index in [0.29, 0.717) is 11.6 Å². The fourth-order valence-electron chi connectivity index (χ4n) is 2.58. The molecule has 0 saturated heterocycles. The van der Waals surface area contributed by atoms with E-state index in [1.807, 2.05) is 18.2 Å². The fraction of sp³-hybridized carbons (Fsp3) is 0.333. The third kappa shape index (κ3) is 3.11. The van der Waals surface area contributed by atoms with Gasteiger partial charge in [-0.1, -0.05) is 11.6 Å². The summed E-state index contributed by atoms with van der Waals surface area (Å²) in [6, 6.07) is 5.81. The molecule has 2 heterocycles. The third-order valence-corrected chi connectivity index (χ3v) is 4.88. The van der Waals surface area contributed by atoms with Gasteiger partial charge in [0.25, 0.3) is 0 Å². The third-order valence-electron chi connectivity index (χ3n) is 3.58. The standard InChI is InChI=1S/C15H17ClN4O2S/c1-10(2)20-14-5-4-11(16)6-13(14)18-15(20)9-19-8-12(7-17-19)23(3,21)22/h4-8,10H,9H2,1-3H3. The lowest BCUT2D eigenvalue weighted by atomic mass is 10.3. The number of hydrogen-bond donors (Lipinski definition) is 0. The molecule has 23 heavy (non-hydrogen) atoms. The van der Waals surface area contributed by atoms with Gasteiger partial charge in [0.2, 0.25) is 0 Å². The molecule has 6 nitrogen and oxygen atoms in total. The molecule has 0 spiro atoms. The van der Waals surface area contributed by atoms with Crippen molar-refractivity contribution in [3.8, 4) is 0 Å². The number of aromatic nitrogens is 4. The molecule has 8 heteroatoms. The Kier molecular flexibility index (Phi) is 3.93. The number of nitrogens with zero attached hydrogens (tertiary/aromatic N) is 4. The molecule has 0 atom stereocenters. The van der Waals surface area contributed by atoms with Gasteiger partial charge in [0, 0.05) is 23.5 Å². The van der Waals surface area contributed by atoms with E-state index < -0.39 is 9.84 Å². The number of fused-ring (bicyclic) bond motifs is 1. The van der Waals surface area contributed by atoms with Crippen LogP contribution in [0, 0.1) is 0 Å². The van der Waals surface area contributed by atoms with E-state index in [1.54, 1.807) is 4.68 Å². The number of sulfone groups is 1. The monoisotopic (exact) mass is 352 g/mol. The zero-order valence-electron chi connectivity index (χ0n) is 13.1. The highest BCUT2D eigenvalue weighted by Gasteiger charge is 2.16. The minimum atomic E-state index is -3.26. The van der Waals surface area contributed by atoms with Gasteiger partial charge in [-0.2, -0.15) is 5.10 Å². The predicted octanol–water partition coefficient (Wildman–Crippen LogP) is 2.92. The number of benzene rings is 1. The summed E-state index contributed by atoms with van der Waals surface area (Å²) in [5.41, 5.74) is 1.81. The molecular weight excluding hydrogens is 336 g/mol. The molecule has 0 aliphatic carbocycles. The average molecular weight is 353 g/mol. The highest BCUT2D eigenvalue weighted by molar-refractivity contribution is 7.90. The van der Waals surface area contributed by atoms with Gasteiger partial charge in [0.1, 0.15) is 10.7 Å². The van der Waals surface area contributed by atoms with Crippen LogP contribution in [-0.2, 0) is 16.4 Å². The van der Waals surface area contributed by atoms with Crippen molar-refractivity contribution in [3.05, 3.63) is 41.4 Å². The summed E-state index contributed by atoms with van der Waals surface area (Å²) in [6.07, 6.45) is 4.04. The summed E-state index contributed by atoms with van der Waals surface area (Å²) in [4.78, 5) is 4.83. The molecule has 2 aromatic heterocycles. The van der Waals surface area contributed by atoms with Crippen molar-refractivity contribution in [1.29, 1.82) is 0 Å². The second kappa shape index (κ2) is 5.65. The van der Waals surface area contributed by atoms with E-state index in [-0.39, 0.29) is 10.9 Å². The van der Waals surface area contributed by atoms with Crippen molar-refractivity contribution in [2.45, 2.75) is 31.3 Å². The predicted molar refractivity (Wildman–Crippen MR) is 89.6 cm³/mol. The Labute approximate surface area is 139 Å². The Morgan fingerprint density at radius 1 is 1.30 bits per heavy atom. The van der Waals surface area contributed by atoms with Gasteiger partial charge in [0.15, 0.2) is 9.84 Å². The molecule has 0 fully saturated rings. The molecule has 0 aliphatic heterocycles. The van der Waals surface area contributed by atoms with Crippen molar-refractivity contribution in [3.63, 3.8) is 0 Å². The molecule has 0 aliphatic rings. The maximum atomic E-state index is 11.6. The summed E-state index contributed by atoms with van der Waals surface area (Å²) in [5.74, 6) is 0.806. The fourth-order valence-corrected chi connectivity index (χ4v) is 3.30. The van der Waals surface area contributed by atoms with E-state index in [4.69, 9.17) is 11.6 Å². The Balaban J connectivity index is 2.05. The Hall–Kier alpha value is -1.86. The second-order valence-electron chi connectivity index (χ2n) is 5.77. The van der Waals surface area contributed by atoms with E-state index in [0.717, 1.165) is 16.9 Å².